The number of fused-ring (bicyclic) bond motifs is 1. The summed E-state index contributed by atoms with van der Waals surface area (Å²) in [5, 5.41) is 11.1. The number of aryl methyl sites for hydroxylation is 1. The van der Waals surface area contributed by atoms with Gasteiger partial charge in [0.2, 0.25) is 0 Å². The summed E-state index contributed by atoms with van der Waals surface area (Å²) in [4.78, 5) is 12.3. The first kappa shape index (κ1) is 15.3. The van der Waals surface area contributed by atoms with E-state index < -0.39 is 0 Å². The minimum atomic E-state index is -0.179. The van der Waals surface area contributed by atoms with Crippen molar-refractivity contribution in [3.8, 4) is 11.5 Å². The van der Waals surface area contributed by atoms with Gasteiger partial charge in [0.05, 0.1) is 20.3 Å². The van der Waals surface area contributed by atoms with Gasteiger partial charge in [0.15, 0.2) is 17.3 Å². The van der Waals surface area contributed by atoms with Crippen molar-refractivity contribution in [1.82, 2.24) is 20.1 Å². The Morgan fingerprint density at radius 2 is 2.22 bits per heavy atom. The second-order valence-electron chi connectivity index (χ2n) is 5.27. The predicted octanol–water partition coefficient (Wildman–Crippen LogP) is 1.56. The monoisotopic (exact) mass is 316 g/mol. The molecule has 3 rings (SSSR count). The predicted molar refractivity (Wildman–Crippen MR) is 83.7 cm³/mol. The Hall–Kier alpha value is -2.57. The number of hydrogen-bond acceptors (Lipinski definition) is 5. The first-order chi connectivity index (χ1) is 11.2. The maximum absolute atomic E-state index is 12.3. The number of amides is 1. The molecule has 0 fully saturated rings. The molecule has 1 amide bonds. The van der Waals surface area contributed by atoms with Crippen molar-refractivity contribution >= 4 is 5.91 Å². The molecule has 122 valence electrons. The topological polar surface area (TPSA) is 78.3 Å². The fraction of sp³-hybridized carbons (Fsp3) is 0.438. The normalized spacial score (nSPS) is 12.8. The molecule has 7 nitrogen and oxygen atoms in total. The number of hydrogen-bond donors (Lipinski definition) is 1. The van der Waals surface area contributed by atoms with E-state index in [1.807, 2.05) is 6.92 Å². The molecule has 0 spiro atoms. The third-order valence-electron chi connectivity index (χ3n) is 3.82. The van der Waals surface area contributed by atoms with Crippen LogP contribution in [0.15, 0.2) is 18.2 Å². The molecule has 0 aliphatic carbocycles. The van der Waals surface area contributed by atoms with Gasteiger partial charge in [-0.3, -0.25) is 4.79 Å². The Bertz CT molecular complexity index is 711. The Balaban J connectivity index is 1.68. The van der Waals surface area contributed by atoms with E-state index in [4.69, 9.17) is 9.47 Å². The fourth-order valence-electron chi connectivity index (χ4n) is 2.69. The molecule has 1 aromatic heterocycles. The highest BCUT2D eigenvalue weighted by Crippen LogP contribution is 2.28. The van der Waals surface area contributed by atoms with Crippen LogP contribution >= 0.6 is 0 Å². The fourth-order valence-corrected chi connectivity index (χ4v) is 2.69. The molecule has 1 aliphatic heterocycles. The van der Waals surface area contributed by atoms with Crippen LogP contribution < -0.4 is 14.8 Å². The lowest BCUT2D eigenvalue weighted by molar-refractivity contribution is 0.0949. The summed E-state index contributed by atoms with van der Waals surface area (Å²) >= 11 is 0. The molecular weight excluding hydrogens is 296 g/mol. The first-order valence-electron chi connectivity index (χ1n) is 7.73. The molecule has 0 saturated heterocycles. The molecule has 0 unspecified atom stereocenters. The number of nitrogens with zero attached hydrogens (tertiary/aromatic N) is 3. The van der Waals surface area contributed by atoms with E-state index in [9.17, 15) is 4.79 Å². The molecule has 7 heteroatoms. The lowest BCUT2D eigenvalue weighted by Crippen LogP contribution is -2.24. The van der Waals surface area contributed by atoms with Gasteiger partial charge in [-0.25, -0.2) is 0 Å². The molecule has 2 aromatic rings. The van der Waals surface area contributed by atoms with Gasteiger partial charge in [-0.2, -0.15) is 0 Å². The number of carbonyl (C=O) groups is 1. The highest BCUT2D eigenvalue weighted by Gasteiger charge is 2.18. The number of aromatic nitrogens is 3. The van der Waals surface area contributed by atoms with Crippen LogP contribution in [0.3, 0.4) is 0 Å². The zero-order valence-corrected chi connectivity index (χ0v) is 13.3. The number of methoxy groups -OCH3 is 1. The highest BCUT2D eigenvalue weighted by atomic mass is 16.5. The molecule has 0 atom stereocenters. The van der Waals surface area contributed by atoms with Crippen molar-refractivity contribution in [2.75, 3.05) is 13.7 Å². The Morgan fingerprint density at radius 3 is 3.00 bits per heavy atom. The molecule has 0 radical (unpaired) electrons. The van der Waals surface area contributed by atoms with Crippen LogP contribution in [0.2, 0.25) is 0 Å². The van der Waals surface area contributed by atoms with Crippen LogP contribution in [-0.4, -0.2) is 34.4 Å². The molecule has 1 aliphatic rings. The van der Waals surface area contributed by atoms with Gasteiger partial charge in [0.25, 0.3) is 5.91 Å². The molecule has 1 aromatic carbocycles. The minimum absolute atomic E-state index is 0.179. The van der Waals surface area contributed by atoms with Crippen LogP contribution in [0.1, 0.15) is 35.4 Å². The van der Waals surface area contributed by atoms with Crippen molar-refractivity contribution in [3.05, 3.63) is 35.4 Å². The van der Waals surface area contributed by atoms with Crippen molar-refractivity contribution in [2.24, 2.45) is 0 Å². The van der Waals surface area contributed by atoms with Crippen LogP contribution in [-0.2, 0) is 19.5 Å². The number of rotatable bonds is 6. The van der Waals surface area contributed by atoms with Gasteiger partial charge in [-0.05, 0) is 31.5 Å². The lowest BCUT2D eigenvalue weighted by atomic mass is 10.2. The largest absolute Gasteiger partial charge is 0.493 e. The quantitative estimate of drug-likeness (QED) is 0.875. The molecule has 2 heterocycles. The maximum atomic E-state index is 12.3. The standard InChI is InChI=1S/C16H20N4O3/c1-3-23-12-7-6-11(9-13(12)22-2)16(21)17-10-15-19-18-14-5-4-8-20(14)15/h6-7,9H,3-5,8,10H2,1-2H3,(H,17,21). The average Bonchev–Trinajstić information content (AvgIpc) is 3.17. The minimum Gasteiger partial charge on any atom is -0.493 e. The molecular formula is C16H20N4O3. The zero-order valence-electron chi connectivity index (χ0n) is 13.3. The highest BCUT2D eigenvalue weighted by molar-refractivity contribution is 5.94. The first-order valence-corrected chi connectivity index (χ1v) is 7.73. The molecule has 1 N–H and O–H groups in total. The summed E-state index contributed by atoms with van der Waals surface area (Å²) in [6, 6.07) is 5.14. The van der Waals surface area contributed by atoms with E-state index in [0.717, 1.165) is 31.0 Å². The van der Waals surface area contributed by atoms with Gasteiger partial charge in [-0.1, -0.05) is 0 Å². The number of ether oxygens (including phenoxy) is 2. The third-order valence-corrected chi connectivity index (χ3v) is 3.82. The van der Waals surface area contributed by atoms with Crippen molar-refractivity contribution in [2.45, 2.75) is 32.9 Å². The van der Waals surface area contributed by atoms with E-state index >= 15 is 0 Å². The smallest absolute Gasteiger partial charge is 0.251 e. The second kappa shape index (κ2) is 6.68. The number of nitrogens with one attached hydrogen (secondary N) is 1. The van der Waals surface area contributed by atoms with E-state index in [0.29, 0.717) is 30.2 Å². The summed E-state index contributed by atoms with van der Waals surface area (Å²) in [7, 11) is 1.55. The maximum Gasteiger partial charge on any atom is 0.251 e. The number of carbonyl (C=O) groups excluding carboxylic acids is 1. The SMILES string of the molecule is CCOc1ccc(C(=O)NCc2nnc3n2CCC3)cc1OC. The van der Waals surface area contributed by atoms with E-state index in [-0.39, 0.29) is 5.91 Å². The summed E-state index contributed by atoms with van der Waals surface area (Å²) in [6.45, 7) is 3.72. The summed E-state index contributed by atoms with van der Waals surface area (Å²) < 4.78 is 12.8. The zero-order chi connectivity index (χ0) is 16.2. The van der Waals surface area contributed by atoms with Crippen molar-refractivity contribution in [3.63, 3.8) is 0 Å². The van der Waals surface area contributed by atoms with Crippen LogP contribution in [0.25, 0.3) is 0 Å². The molecule has 23 heavy (non-hydrogen) atoms. The molecule has 0 saturated carbocycles. The van der Waals surface area contributed by atoms with Crippen molar-refractivity contribution < 1.29 is 14.3 Å². The van der Waals surface area contributed by atoms with Gasteiger partial charge < -0.3 is 19.4 Å². The van der Waals surface area contributed by atoms with E-state index in [1.165, 1.54) is 0 Å². The Labute approximate surface area is 134 Å². The van der Waals surface area contributed by atoms with Gasteiger partial charge >= 0.3 is 0 Å². The van der Waals surface area contributed by atoms with Crippen LogP contribution in [0.4, 0.5) is 0 Å². The number of benzene rings is 1. The second-order valence-corrected chi connectivity index (χ2v) is 5.27. The van der Waals surface area contributed by atoms with Crippen LogP contribution in [0.5, 0.6) is 11.5 Å². The van der Waals surface area contributed by atoms with Crippen LogP contribution in [0, 0.1) is 0 Å². The summed E-state index contributed by atoms with van der Waals surface area (Å²) in [5.74, 6) is 2.78. The average molecular weight is 316 g/mol. The van der Waals surface area contributed by atoms with E-state index in [2.05, 4.69) is 20.1 Å². The van der Waals surface area contributed by atoms with Gasteiger partial charge in [0, 0.05) is 18.5 Å². The Kier molecular flexibility index (Phi) is 4.45. The Morgan fingerprint density at radius 1 is 1.35 bits per heavy atom. The molecule has 0 bridgehead atoms. The van der Waals surface area contributed by atoms with E-state index in [1.54, 1.807) is 25.3 Å². The summed E-state index contributed by atoms with van der Waals surface area (Å²) in [5.41, 5.74) is 0.520. The third kappa shape index (κ3) is 3.13. The van der Waals surface area contributed by atoms with Gasteiger partial charge in [-0.15, -0.1) is 10.2 Å². The lowest BCUT2D eigenvalue weighted by Gasteiger charge is -2.11. The summed E-state index contributed by atoms with van der Waals surface area (Å²) in [6.07, 6.45) is 2.04. The van der Waals surface area contributed by atoms with Crippen molar-refractivity contribution in [1.29, 1.82) is 0 Å². The van der Waals surface area contributed by atoms with Gasteiger partial charge in [0.1, 0.15) is 5.82 Å².